The number of halogens is 1. The zero-order valence-electron chi connectivity index (χ0n) is 17.7. The number of amides is 4. The minimum absolute atomic E-state index is 0.154. The van der Waals surface area contributed by atoms with Crippen molar-refractivity contribution in [1.82, 2.24) is 15.1 Å². The number of carbonyl (C=O) groups is 3. The van der Waals surface area contributed by atoms with Crippen LogP contribution in [0.1, 0.15) is 40.7 Å². The molecule has 0 unspecified atom stereocenters. The van der Waals surface area contributed by atoms with E-state index in [0.29, 0.717) is 36.5 Å². The van der Waals surface area contributed by atoms with Crippen LogP contribution in [0.3, 0.4) is 0 Å². The standard InChI is InChI=1S/C24H26ClN4O3/c25-19-9-7-17(8-10-19)16-29-22(31)24(27-23(29)32)11-14-28(15-12-24)13-3-5-18-4-1-2-6-20(18)21(26)30/h1-2,4-10H,3,11-16H2,(H2,26,30)(H,27,32). The van der Waals surface area contributed by atoms with Crippen molar-refractivity contribution >= 4 is 29.4 Å². The molecule has 167 valence electrons. The SMILES string of the molecule is NC(=O)c1ccccc1[CH]CCN1CCC2(CC1)NC(=O)N(Cc1ccc(Cl)cc1)C2=O. The van der Waals surface area contributed by atoms with E-state index in [1.807, 2.05) is 30.7 Å². The number of piperidine rings is 1. The van der Waals surface area contributed by atoms with Crippen molar-refractivity contribution in [2.45, 2.75) is 31.3 Å². The van der Waals surface area contributed by atoms with Crippen LogP contribution in [0.25, 0.3) is 0 Å². The van der Waals surface area contributed by atoms with Crippen LogP contribution >= 0.6 is 11.6 Å². The lowest BCUT2D eigenvalue weighted by atomic mass is 9.87. The van der Waals surface area contributed by atoms with Crippen molar-refractivity contribution in [3.05, 3.63) is 76.7 Å². The van der Waals surface area contributed by atoms with E-state index in [2.05, 4.69) is 10.2 Å². The summed E-state index contributed by atoms with van der Waals surface area (Å²) in [5, 5.41) is 3.56. The molecule has 2 aromatic carbocycles. The van der Waals surface area contributed by atoms with Gasteiger partial charge in [0.2, 0.25) is 5.91 Å². The van der Waals surface area contributed by atoms with Gasteiger partial charge in [-0.05, 0) is 61.6 Å². The lowest BCUT2D eigenvalue weighted by molar-refractivity contribution is -0.133. The Balaban J connectivity index is 1.30. The topological polar surface area (TPSA) is 95.7 Å². The number of nitrogens with one attached hydrogen (secondary N) is 1. The summed E-state index contributed by atoms with van der Waals surface area (Å²) < 4.78 is 0. The van der Waals surface area contributed by atoms with Crippen LogP contribution in [0.15, 0.2) is 48.5 Å². The van der Waals surface area contributed by atoms with E-state index in [0.717, 1.165) is 24.1 Å². The lowest BCUT2D eigenvalue weighted by Crippen LogP contribution is -2.55. The zero-order chi connectivity index (χ0) is 22.7. The number of carbonyl (C=O) groups excluding carboxylic acids is 3. The van der Waals surface area contributed by atoms with Crippen molar-refractivity contribution < 1.29 is 14.4 Å². The first-order valence-electron chi connectivity index (χ1n) is 10.7. The fraction of sp³-hybridized carbons (Fsp3) is 0.333. The van der Waals surface area contributed by atoms with Gasteiger partial charge in [0.15, 0.2) is 0 Å². The molecule has 0 aliphatic carbocycles. The number of hydrogen-bond acceptors (Lipinski definition) is 4. The normalized spacial score (nSPS) is 18.2. The van der Waals surface area contributed by atoms with E-state index in [1.54, 1.807) is 24.3 Å². The van der Waals surface area contributed by atoms with Crippen LogP contribution < -0.4 is 11.1 Å². The van der Waals surface area contributed by atoms with Crippen molar-refractivity contribution in [3.63, 3.8) is 0 Å². The first-order chi connectivity index (χ1) is 15.4. The third kappa shape index (κ3) is 4.64. The van der Waals surface area contributed by atoms with E-state index >= 15 is 0 Å². The van der Waals surface area contributed by atoms with Gasteiger partial charge in [0, 0.05) is 23.7 Å². The summed E-state index contributed by atoms with van der Waals surface area (Å²) in [4.78, 5) is 40.8. The van der Waals surface area contributed by atoms with E-state index in [9.17, 15) is 14.4 Å². The molecule has 0 atom stereocenters. The number of nitrogens with zero attached hydrogens (tertiary/aromatic N) is 2. The summed E-state index contributed by atoms with van der Waals surface area (Å²) in [5.41, 5.74) is 6.84. The summed E-state index contributed by atoms with van der Waals surface area (Å²) in [6.07, 6.45) is 3.93. The molecule has 2 saturated heterocycles. The number of hydrogen-bond donors (Lipinski definition) is 2. The first-order valence-corrected chi connectivity index (χ1v) is 11.1. The molecule has 32 heavy (non-hydrogen) atoms. The second-order valence-corrected chi connectivity index (χ2v) is 8.75. The number of nitrogens with two attached hydrogens (primary N) is 1. The highest BCUT2D eigenvalue weighted by Gasteiger charge is 2.52. The van der Waals surface area contributed by atoms with Gasteiger partial charge in [-0.25, -0.2) is 4.79 Å². The predicted molar refractivity (Wildman–Crippen MR) is 122 cm³/mol. The van der Waals surface area contributed by atoms with Crippen molar-refractivity contribution in [2.24, 2.45) is 5.73 Å². The van der Waals surface area contributed by atoms with Gasteiger partial charge in [-0.3, -0.25) is 14.5 Å². The Hall–Kier alpha value is -2.90. The van der Waals surface area contributed by atoms with Crippen LogP contribution in [0.5, 0.6) is 0 Å². The number of rotatable bonds is 7. The first kappa shape index (κ1) is 22.3. The Morgan fingerprint density at radius 1 is 1.09 bits per heavy atom. The summed E-state index contributed by atoms with van der Waals surface area (Å²) >= 11 is 5.92. The number of likely N-dealkylation sites (tertiary alicyclic amines) is 1. The second kappa shape index (κ2) is 9.30. The van der Waals surface area contributed by atoms with Gasteiger partial charge in [-0.15, -0.1) is 0 Å². The van der Waals surface area contributed by atoms with Crippen molar-refractivity contribution in [2.75, 3.05) is 19.6 Å². The molecule has 2 fully saturated rings. The molecule has 7 nitrogen and oxygen atoms in total. The molecule has 4 rings (SSSR count). The number of primary amides is 1. The Bertz CT molecular complexity index is 1020. The van der Waals surface area contributed by atoms with Gasteiger partial charge in [0.1, 0.15) is 5.54 Å². The Morgan fingerprint density at radius 3 is 2.47 bits per heavy atom. The molecule has 1 spiro atoms. The molecule has 0 bridgehead atoms. The maximum atomic E-state index is 13.1. The number of benzene rings is 2. The van der Waals surface area contributed by atoms with E-state index in [-0.39, 0.29) is 18.5 Å². The zero-order valence-corrected chi connectivity index (χ0v) is 18.5. The summed E-state index contributed by atoms with van der Waals surface area (Å²) in [5.74, 6) is -0.588. The molecule has 2 aliphatic rings. The lowest BCUT2D eigenvalue weighted by Gasteiger charge is -2.37. The van der Waals surface area contributed by atoms with Crippen LogP contribution in [-0.4, -0.2) is 52.8 Å². The van der Waals surface area contributed by atoms with Crippen LogP contribution in [-0.2, 0) is 11.3 Å². The molecule has 0 aromatic heterocycles. The Labute approximate surface area is 192 Å². The van der Waals surface area contributed by atoms with Gasteiger partial charge in [0.05, 0.1) is 6.54 Å². The highest BCUT2D eigenvalue weighted by Crippen LogP contribution is 2.30. The fourth-order valence-electron chi connectivity index (χ4n) is 4.39. The van der Waals surface area contributed by atoms with Crippen molar-refractivity contribution in [1.29, 1.82) is 0 Å². The highest BCUT2D eigenvalue weighted by molar-refractivity contribution is 6.30. The molecule has 2 aliphatic heterocycles. The maximum absolute atomic E-state index is 13.1. The quantitative estimate of drug-likeness (QED) is 0.630. The largest absolute Gasteiger partial charge is 0.366 e. The molecule has 0 saturated carbocycles. The molecule has 2 heterocycles. The van der Waals surface area contributed by atoms with Gasteiger partial charge in [-0.2, -0.15) is 0 Å². The number of imide groups is 1. The predicted octanol–water partition coefficient (Wildman–Crippen LogP) is 2.97. The van der Waals surface area contributed by atoms with Gasteiger partial charge in [-0.1, -0.05) is 41.9 Å². The van der Waals surface area contributed by atoms with Gasteiger partial charge >= 0.3 is 6.03 Å². The molecular formula is C24H26ClN4O3. The molecule has 3 N–H and O–H groups in total. The Morgan fingerprint density at radius 2 is 1.78 bits per heavy atom. The second-order valence-electron chi connectivity index (χ2n) is 8.32. The van der Waals surface area contributed by atoms with Gasteiger partial charge < -0.3 is 16.0 Å². The molecule has 4 amide bonds. The summed E-state index contributed by atoms with van der Waals surface area (Å²) in [7, 11) is 0. The highest BCUT2D eigenvalue weighted by atomic mass is 35.5. The molecule has 2 aromatic rings. The summed E-state index contributed by atoms with van der Waals surface area (Å²) in [6, 6.07) is 14.1. The smallest absolute Gasteiger partial charge is 0.325 e. The molecular weight excluding hydrogens is 428 g/mol. The fourth-order valence-corrected chi connectivity index (χ4v) is 4.52. The third-order valence-corrected chi connectivity index (χ3v) is 6.50. The number of urea groups is 1. The van der Waals surface area contributed by atoms with Crippen LogP contribution in [0.4, 0.5) is 4.79 Å². The van der Waals surface area contributed by atoms with E-state index < -0.39 is 11.4 Å². The van der Waals surface area contributed by atoms with Crippen LogP contribution in [0.2, 0.25) is 5.02 Å². The van der Waals surface area contributed by atoms with E-state index in [1.165, 1.54) is 4.90 Å². The summed E-state index contributed by atoms with van der Waals surface area (Å²) in [6.45, 7) is 2.47. The average molecular weight is 454 g/mol. The minimum atomic E-state index is -0.817. The monoisotopic (exact) mass is 453 g/mol. The van der Waals surface area contributed by atoms with E-state index in [4.69, 9.17) is 17.3 Å². The Kier molecular flexibility index (Phi) is 6.48. The van der Waals surface area contributed by atoms with Crippen LogP contribution in [0, 0.1) is 6.42 Å². The van der Waals surface area contributed by atoms with Gasteiger partial charge in [0.25, 0.3) is 5.91 Å². The molecule has 1 radical (unpaired) electrons. The maximum Gasteiger partial charge on any atom is 0.325 e. The molecule has 8 heteroatoms. The van der Waals surface area contributed by atoms with Crippen molar-refractivity contribution in [3.8, 4) is 0 Å². The third-order valence-electron chi connectivity index (χ3n) is 6.25. The average Bonchev–Trinajstić information content (AvgIpc) is 3.01. The minimum Gasteiger partial charge on any atom is -0.366 e.